The third-order valence-corrected chi connectivity index (χ3v) is 4.49. The maximum atomic E-state index is 11.2. The number of nitrogens with zero attached hydrogens (tertiary/aromatic N) is 3. The van der Waals surface area contributed by atoms with Crippen molar-refractivity contribution in [1.29, 1.82) is 0 Å². The maximum absolute atomic E-state index is 11.2. The Bertz CT molecular complexity index is 796. The third-order valence-electron chi connectivity index (χ3n) is 3.08. The van der Waals surface area contributed by atoms with Gasteiger partial charge in [-0.1, -0.05) is 6.92 Å². The van der Waals surface area contributed by atoms with Gasteiger partial charge >= 0.3 is 0 Å². The van der Waals surface area contributed by atoms with E-state index in [1.807, 2.05) is 6.92 Å². The van der Waals surface area contributed by atoms with Crippen molar-refractivity contribution < 1.29 is 13.5 Å². The topological polar surface area (TPSA) is 143 Å². The van der Waals surface area contributed by atoms with E-state index in [-0.39, 0.29) is 17.7 Å². The van der Waals surface area contributed by atoms with E-state index in [9.17, 15) is 13.5 Å². The van der Waals surface area contributed by atoms with Crippen LogP contribution in [0.1, 0.15) is 13.3 Å². The number of anilines is 3. The molecule has 9 nitrogen and oxygen atoms in total. The highest BCUT2D eigenvalue weighted by Crippen LogP contribution is 2.23. The average molecular weight is 417 g/mol. The van der Waals surface area contributed by atoms with E-state index < -0.39 is 10.0 Å². The van der Waals surface area contributed by atoms with Crippen LogP contribution in [0.4, 0.5) is 17.5 Å². The Labute approximate surface area is 147 Å². The first-order valence-electron chi connectivity index (χ1n) is 6.99. The molecule has 0 aliphatic carbocycles. The van der Waals surface area contributed by atoms with Gasteiger partial charge in [0.1, 0.15) is 5.82 Å². The molecule has 0 unspecified atom stereocenters. The van der Waals surface area contributed by atoms with Gasteiger partial charge in [0.05, 0.1) is 29.0 Å². The number of nitrogens with one attached hydrogen (secondary N) is 2. The molecule has 0 fully saturated rings. The lowest BCUT2D eigenvalue weighted by molar-refractivity contribution is 0.271. The smallest absolute Gasteiger partial charge is 0.255 e. The molecular formula is C13H17BrN6O3S. The van der Waals surface area contributed by atoms with Gasteiger partial charge in [0.2, 0.25) is 5.95 Å². The van der Waals surface area contributed by atoms with Gasteiger partial charge in [0.15, 0.2) is 5.03 Å². The minimum Gasteiger partial charge on any atom is -0.394 e. The molecule has 0 saturated heterocycles. The summed E-state index contributed by atoms with van der Waals surface area (Å²) in [6.45, 7) is 1.93. The SMILES string of the molecule is CC[C@@H](CO)Nc1nc(Nc2ccc(S(N)(=O)=O)nc2)ncc1Br. The number of primary sulfonamides is 1. The second-order valence-corrected chi connectivity index (χ2v) is 7.24. The fourth-order valence-corrected chi connectivity index (χ4v) is 2.51. The number of aromatic nitrogens is 3. The van der Waals surface area contributed by atoms with E-state index in [0.717, 1.165) is 6.42 Å². The highest BCUT2D eigenvalue weighted by atomic mass is 79.9. The van der Waals surface area contributed by atoms with Gasteiger partial charge in [-0.05, 0) is 34.5 Å². The summed E-state index contributed by atoms with van der Waals surface area (Å²) in [5.74, 6) is 0.821. The Morgan fingerprint density at radius 3 is 2.62 bits per heavy atom. The quantitative estimate of drug-likeness (QED) is 0.526. The summed E-state index contributed by atoms with van der Waals surface area (Å²) < 4.78 is 23.0. The number of hydrogen-bond acceptors (Lipinski definition) is 8. The van der Waals surface area contributed by atoms with Gasteiger partial charge < -0.3 is 15.7 Å². The number of nitrogens with two attached hydrogens (primary N) is 1. The average Bonchev–Trinajstić information content (AvgIpc) is 2.55. The predicted octanol–water partition coefficient (Wildman–Crippen LogP) is 1.21. The molecule has 11 heteroatoms. The Morgan fingerprint density at radius 2 is 2.08 bits per heavy atom. The summed E-state index contributed by atoms with van der Waals surface area (Å²) >= 11 is 3.34. The van der Waals surface area contributed by atoms with Crippen LogP contribution in [0.25, 0.3) is 0 Å². The zero-order valence-electron chi connectivity index (χ0n) is 12.8. The van der Waals surface area contributed by atoms with Gasteiger partial charge in [-0.2, -0.15) is 4.98 Å². The second-order valence-electron chi connectivity index (χ2n) is 4.88. The minimum atomic E-state index is -3.83. The van der Waals surface area contributed by atoms with E-state index in [1.54, 1.807) is 6.20 Å². The molecule has 0 aliphatic heterocycles. The molecule has 24 heavy (non-hydrogen) atoms. The first kappa shape index (κ1) is 18.5. The maximum Gasteiger partial charge on any atom is 0.255 e. The lowest BCUT2D eigenvalue weighted by atomic mass is 10.2. The van der Waals surface area contributed by atoms with Crippen LogP contribution in [0.15, 0.2) is 34.0 Å². The van der Waals surface area contributed by atoms with Crippen molar-refractivity contribution in [1.82, 2.24) is 15.0 Å². The van der Waals surface area contributed by atoms with Gasteiger partial charge in [-0.15, -0.1) is 0 Å². The van der Waals surface area contributed by atoms with Crippen molar-refractivity contribution in [3.63, 3.8) is 0 Å². The number of halogens is 1. The molecule has 0 radical (unpaired) electrons. The van der Waals surface area contributed by atoms with Crippen molar-refractivity contribution in [3.05, 3.63) is 29.0 Å². The number of aliphatic hydroxyl groups is 1. The van der Waals surface area contributed by atoms with E-state index >= 15 is 0 Å². The number of rotatable bonds is 7. The van der Waals surface area contributed by atoms with Crippen LogP contribution in [0.3, 0.4) is 0 Å². The number of aliphatic hydroxyl groups excluding tert-OH is 1. The summed E-state index contributed by atoms with van der Waals surface area (Å²) in [4.78, 5) is 12.2. The summed E-state index contributed by atoms with van der Waals surface area (Å²) in [7, 11) is -3.83. The summed E-state index contributed by atoms with van der Waals surface area (Å²) in [5, 5.41) is 20.1. The zero-order valence-corrected chi connectivity index (χ0v) is 15.2. The van der Waals surface area contributed by atoms with Crippen molar-refractivity contribution >= 4 is 43.4 Å². The molecule has 2 heterocycles. The second kappa shape index (κ2) is 7.83. The first-order valence-corrected chi connectivity index (χ1v) is 9.33. The van der Waals surface area contributed by atoms with E-state index in [1.165, 1.54) is 18.3 Å². The Hall–Kier alpha value is -1.82. The fourth-order valence-electron chi connectivity index (χ4n) is 1.75. The molecule has 0 saturated carbocycles. The lowest BCUT2D eigenvalue weighted by Gasteiger charge is -2.16. The number of hydrogen-bond donors (Lipinski definition) is 4. The largest absolute Gasteiger partial charge is 0.394 e. The Morgan fingerprint density at radius 1 is 1.33 bits per heavy atom. The van der Waals surface area contributed by atoms with Gasteiger partial charge in [-0.3, -0.25) is 0 Å². The molecule has 0 aliphatic rings. The summed E-state index contributed by atoms with van der Waals surface area (Å²) in [6.07, 6.45) is 3.61. The molecular weight excluding hydrogens is 400 g/mol. The predicted molar refractivity (Wildman–Crippen MR) is 93.4 cm³/mol. The molecule has 0 amide bonds. The molecule has 2 rings (SSSR count). The lowest BCUT2D eigenvalue weighted by Crippen LogP contribution is -2.23. The highest BCUT2D eigenvalue weighted by Gasteiger charge is 2.12. The number of sulfonamides is 1. The van der Waals surface area contributed by atoms with E-state index in [4.69, 9.17) is 5.14 Å². The van der Waals surface area contributed by atoms with Crippen LogP contribution in [0, 0.1) is 0 Å². The van der Waals surface area contributed by atoms with Crippen molar-refractivity contribution in [2.75, 3.05) is 17.2 Å². The van der Waals surface area contributed by atoms with Crippen LogP contribution in [-0.4, -0.2) is 41.1 Å². The van der Waals surface area contributed by atoms with E-state index in [0.29, 0.717) is 21.9 Å². The minimum absolute atomic E-state index is 0.0192. The van der Waals surface area contributed by atoms with Crippen LogP contribution in [0.5, 0.6) is 0 Å². The highest BCUT2D eigenvalue weighted by molar-refractivity contribution is 9.10. The van der Waals surface area contributed by atoms with Crippen LogP contribution in [-0.2, 0) is 10.0 Å². The first-order chi connectivity index (χ1) is 11.3. The molecule has 2 aromatic heterocycles. The van der Waals surface area contributed by atoms with Crippen molar-refractivity contribution in [2.45, 2.75) is 24.4 Å². The molecule has 0 aromatic carbocycles. The molecule has 130 valence electrons. The van der Waals surface area contributed by atoms with Gasteiger partial charge in [0.25, 0.3) is 10.0 Å². The van der Waals surface area contributed by atoms with Crippen molar-refractivity contribution in [2.24, 2.45) is 5.14 Å². The standard InChI is InChI=1S/C13H17BrN6O3S/c1-2-8(7-21)18-12-10(14)6-17-13(20-12)19-9-3-4-11(16-5-9)24(15,22)23/h3-6,8,21H,2,7H2,1H3,(H2,15,22,23)(H2,17,18,19,20)/t8-/m0/s1. The molecule has 2 aromatic rings. The number of pyridine rings is 1. The Balaban J connectivity index is 2.18. The molecule has 0 bridgehead atoms. The third kappa shape index (κ3) is 4.84. The summed E-state index contributed by atoms with van der Waals surface area (Å²) in [6, 6.07) is 2.67. The van der Waals surface area contributed by atoms with Crippen molar-refractivity contribution in [3.8, 4) is 0 Å². The molecule has 5 N–H and O–H groups in total. The van der Waals surface area contributed by atoms with Crippen LogP contribution >= 0.6 is 15.9 Å². The van der Waals surface area contributed by atoms with Crippen LogP contribution in [0.2, 0.25) is 0 Å². The molecule has 0 spiro atoms. The fraction of sp³-hybridized carbons (Fsp3) is 0.308. The van der Waals surface area contributed by atoms with E-state index in [2.05, 4.69) is 41.5 Å². The summed E-state index contributed by atoms with van der Waals surface area (Å²) in [5.41, 5.74) is 0.505. The van der Waals surface area contributed by atoms with Gasteiger partial charge in [0, 0.05) is 6.20 Å². The van der Waals surface area contributed by atoms with Crippen LogP contribution < -0.4 is 15.8 Å². The molecule has 1 atom stereocenters. The monoisotopic (exact) mass is 416 g/mol. The zero-order chi connectivity index (χ0) is 17.7. The normalized spacial score (nSPS) is 12.7. The van der Waals surface area contributed by atoms with Gasteiger partial charge in [-0.25, -0.2) is 23.5 Å². The Kier molecular flexibility index (Phi) is 6.04.